The van der Waals surface area contributed by atoms with E-state index in [1.807, 2.05) is 0 Å². The molecule has 0 aliphatic rings. The fourth-order valence-corrected chi connectivity index (χ4v) is 1.78. The molecular formula is C14H13N3O3. The number of hydrogen-bond donors (Lipinski definition) is 1. The minimum atomic E-state index is -0.478. The van der Waals surface area contributed by atoms with Crippen LogP contribution in [0.1, 0.15) is 11.1 Å². The Morgan fingerprint density at radius 3 is 2.25 bits per heavy atom. The van der Waals surface area contributed by atoms with E-state index in [1.165, 1.54) is 12.1 Å². The van der Waals surface area contributed by atoms with Crippen LogP contribution >= 0.6 is 0 Å². The molecule has 0 spiro atoms. The summed E-state index contributed by atoms with van der Waals surface area (Å²) >= 11 is 0. The van der Waals surface area contributed by atoms with Gasteiger partial charge in [0.25, 0.3) is 5.69 Å². The average Bonchev–Trinajstić information content (AvgIpc) is 2.42. The largest absolute Gasteiger partial charge is 0.507 e. The number of nitrogens with zero attached hydrogens (tertiary/aromatic N) is 3. The van der Waals surface area contributed by atoms with Gasteiger partial charge in [0.2, 0.25) is 0 Å². The maximum atomic E-state index is 10.7. The predicted octanol–water partition coefficient (Wildman–Crippen LogP) is 4.33. The van der Waals surface area contributed by atoms with Crippen molar-refractivity contribution in [3.05, 3.63) is 57.6 Å². The summed E-state index contributed by atoms with van der Waals surface area (Å²) in [5.74, 6) is 0.235. The number of nitro groups is 1. The summed E-state index contributed by atoms with van der Waals surface area (Å²) in [7, 11) is 0. The topological polar surface area (TPSA) is 88.1 Å². The quantitative estimate of drug-likeness (QED) is 0.511. The van der Waals surface area contributed by atoms with Crippen LogP contribution in [-0.2, 0) is 0 Å². The number of azo groups is 1. The van der Waals surface area contributed by atoms with Gasteiger partial charge in [0.05, 0.1) is 16.3 Å². The third-order valence-corrected chi connectivity index (χ3v) is 2.80. The van der Waals surface area contributed by atoms with Crippen molar-refractivity contribution in [3.63, 3.8) is 0 Å². The maximum absolute atomic E-state index is 10.7. The molecule has 0 saturated heterocycles. The van der Waals surface area contributed by atoms with E-state index in [2.05, 4.69) is 10.2 Å². The number of rotatable bonds is 3. The maximum Gasteiger partial charge on any atom is 0.271 e. The SMILES string of the molecule is Cc1cc(N=Nc2cccc([N+](=O)[O-])c2)cc(C)c1O. The molecule has 0 radical (unpaired) electrons. The first-order chi connectivity index (χ1) is 9.47. The van der Waals surface area contributed by atoms with Crippen molar-refractivity contribution in [1.82, 2.24) is 0 Å². The van der Waals surface area contributed by atoms with Gasteiger partial charge in [0, 0.05) is 12.1 Å². The van der Waals surface area contributed by atoms with Crippen molar-refractivity contribution >= 4 is 17.1 Å². The molecular weight excluding hydrogens is 258 g/mol. The van der Waals surface area contributed by atoms with Crippen LogP contribution in [0.25, 0.3) is 0 Å². The van der Waals surface area contributed by atoms with Crippen LogP contribution in [0.4, 0.5) is 17.1 Å². The molecule has 2 aromatic rings. The van der Waals surface area contributed by atoms with E-state index < -0.39 is 4.92 Å². The van der Waals surface area contributed by atoms with E-state index >= 15 is 0 Å². The molecule has 102 valence electrons. The third-order valence-electron chi connectivity index (χ3n) is 2.80. The molecule has 0 amide bonds. The van der Waals surface area contributed by atoms with Gasteiger partial charge in [-0.1, -0.05) is 6.07 Å². The Balaban J connectivity index is 2.30. The number of hydrogen-bond acceptors (Lipinski definition) is 5. The van der Waals surface area contributed by atoms with Crippen LogP contribution in [-0.4, -0.2) is 10.0 Å². The molecule has 0 atom stereocenters. The normalized spacial score (nSPS) is 10.9. The summed E-state index contributed by atoms with van der Waals surface area (Å²) in [6.07, 6.45) is 0. The zero-order valence-electron chi connectivity index (χ0n) is 11.1. The number of non-ortho nitro benzene ring substituents is 1. The smallest absolute Gasteiger partial charge is 0.271 e. The summed E-state index contributed by atoms with van der Waals surface area (Å²) < 4.78 is 0. The first-order valence-electron chi connectivity index (χ1n) is 5.94. The molecule has 2 rings (SSSR count). The lowest BCUT2D eigenvalue weighted by Crippen LogP contribution is -1.85. The van der Waals surface area contributed by atoms with Gasteiger partial charge >= 0.3 is 0 Å². The highest BCUT2D eigenvalue weighted by atomic mass is 16.6. The lowest BCUT2D eigenvalue weighted by atomic mass is 10.1. The van der Waals surface area contributed by atoms with Crippen molar-refractivity contribution < 1.29 is 10.0 Å². The molecule has 0 bridgehead atoms. The summed E-state index contributed by atoms with van der Waals surface area (Å²) in [6.45, 7) is 3.55. The highest BCUT2D eigenvalue weighted by Gasteiger charge is 2.05. The molecule has 1 N–H and O–H groups in total. The fraction of sp³-hybridized carbons (Fsp3) is 0.143. The number of phenolic OH excluding ortho intramolecular Hbond substituents is 1. The van der Waals surface area contributed by atoms with Crippen LogP contribution in [0.3, 0.4) is 0 Å². The summed E-state index contributed by atoms with van der Waals surface area (Å²) in [4.78, 5) is 10.2. The monoisotopic (exact) mass is 271 g/mol. The molecule has 6 nitrogen and oxygen atoms in total. The Bertz CT molecular complexity index is 673. The van der Waals surface area contributed by atoms with Gasteiger partial charge in [-0.15, -0.1) is 0 Å². The zero-order valence-corrected chi connectivity index (χ0v) is 11.1. The zero-order chi connectivity index (χ0) is 14.7. The van der Waals surface area contributed by atoms with E-state index in [1.54, 1.807) is 38.1 Å². The van der Waals surface area contributed by atoms with Gasteiger partial charge in [-0.05, 0) is 43.2 Å². The minimum Gasteiger partial charge on any atom is -0.507 e. The summed E-state index contributed by atoms with van der Waals surface area (Å²) in [6, 6.07) is 9.33. The number of aryl methyl sites for hydroxylation is 2. The Morgan fingerprint density at radius 1 is 1.05 bits per heavy atom. The van der Waals surface area contributed by atoms with Crippen LogP contribution in [0.15, 0.2) is 46.6 Å². The number of nitro benzene ring substituents is 1. The van der Waals surface area contributed by atoms with Crippen molar-refractivity contribution in [2.45, 2.75) is 13.8 Å². The van der Waals surface area contributed by atoms with Crippen molar-refractivity contribution in [2.24, 2.45) is 10.2 Å². The molecule has 0 aliphatic heterocycles. The average molecular weight is 271 g/mol. The highest BCUT2D eigenvalue weighted by molar-refractivity contribution is 5.52. The predicted molar refractivity (Wildman–Crippen MR) is 74.9 cm³/mol. The minimum absolute atomic E-state index is 0.0282. The molecule has 2 aromatic carbocycles. The van der Waals surface area contributed by atoms with E-state index in [0.717, 1.165) is 0 Å². The number of phenols is 1. The van der Waals surface area contributed by atoms with Crippen molar-refractivity contribution in [3.8, 4) is 5.75 Å². The lowest BCUT2D eigenvalue weighted by molar-refractivity contribution is -0.384. The van der Waals surface area contributed by atoms with E-state index in [4.69, 9.17) is 0 Å². The van der Waals surface area contributed by atoms with Crippen LogP contribution < -0.4 is 0 Å². The Kier molecular flexibility index (Phi) is 3.74. The fourth-order valence-electron chi connectivity index (χ4n) is 1.78. The van der Waals surface area contributed by atoms with Crippen molar-refractivity contribution in [2.75, 3.05) is 0 Å². The molecule has 0 fully saturated rings. The Morgan fingerprint density at radius 2 is 1.65 bits per heavy atom. The van der Waals surface area contributed by atoms with Gasteiger partial charge in [-0.2, -0.15) is 10.2 Å². The molecule has 0 aliphatic carbocycles. The second-order valence-corrected chi connectivity index (χ2v) is 4.41. The standard InChI is InChI=1S/C14H13N3O3/c1-9-6-12(7-10(2)14(9)18)16-15-11-4-3-5-13(8-11)17(19)20/h3-8,18H,1-2H3. The van der Waals surface area contributed by atoms with Gasteiger partial charge < -0.3 is 5.11 Å². The van der Waals surface area contributed by atoms with Gasteiger partial charge in [-0.25, -0.2) is 0 Å². The van der Waals surface area contributed by atoms with Gasteiger partial charge in [0.1, 0.15) is 5.75 Å². The van der Waals surface area contributed by atoms with E-state index in [9.17, 15) is 15.2 Å². The summed E-state index contributed by atoms with van der Waals surface area (Å²) in [5.41, 5.74) is 2.38. The Hall–Kier alpha value is -2.76. The first kappa shape index (κ1) is 13.7. The molecule has 0 aromatic heterocycles. The number of benzene rings is 2. The second kappa shape index (κ2) is 5.48. The van der Waals surface area contributed by atoms with E-state index in [0.29, 0.717) is 22.5 Å². The lowest BCUT2D eigenvalue weighted by Gasteiger charge is -2.03. The molecule has 20 heavy (non-hydrogen) atoms. The molecule has 0 saturated carbocycles. The first-order valence-corrected chi connectivity index (χ1v) is 5.94. The Labute approximate surface area is 115 Å². The van der Waals surface area contributed by atoms with Crippen molar-refractivity contribution in [1.29, 1.82) is 0 Å². The third kappa shape index (κ3) is 2.97. The van der Waals surface area contributed by atoms with Gasteiger partial charge in [0.15, 0.2) is 0 Å². The molecule has 6 heteroatoms. The summed E-state index contributed by atoms with van der Waals surface area (Å²) in [5, 5.41) is 28.3. The van der Waals surface area contributed by atoms with Crippen LogP contribution in [0.5, 0.6) is 5.75 Å². The van der Waals surface area contributed by atoms with Crippen LogP contribution in [0, 0.1) is 24.0 Å². The number of aromatic hydroxyl groups is 1. The van der Waals surface area contributed by atoms with Gasteiger partial charge in [-0.3, -0.25) is 10.1 Å². The second-order valence-electron chi connectivity index (χ2n) is 4.41. The molecule has 0 heterocycles. The highest BCUT2D eigenvalue weighted by Crippen LogP contribution is 2.28. The van der Waals surface area contributed by atoms with E-state index in [-0.39, 0.29) is 11.4 Å². The van der Waals surface area contributed by atoms with Crippen LogP contribution in [0.2, 0.25) is 0 Å². The molecule has 0 unspecified atom stereocenters.